The van der Waals surface area contributed by atoms with Gasteiger partial charge < -0.3 is 33.8 Å². The molecule has 0 aromatic heterocycles. The Balaban J connectivity index is 5.22. The fraction of sp³-hybridized carbons (Fsp3) is 0.947. The van der Waals surface area contributed by atoms with Gasteiger partial charge in [0, 0.05) is 25.7 Å². The summed E-state index contributed by atoms with van der Waals surface area (Å²) in [7, 11) is -9.91. The van der Waals surface area contributed by atoms with Gasteiger partial charge in [-0.15, -0.1) is 0 Å². The number of carbonyl (C=O) groups excluding carboxylic acids is 4. The quantitative estimate of drug-likeness (QED) is 0.0222. The zero-order valence-electron chi connectivity index (χ0n) is 62.3. The van der Waals surface area contributed by atoms with E-state index in [1.54, 1.807) is 0 Å². The Bertz CT molecular complexity index is 1870. The van der Waals surface area contributed by atoms with Crippen LogP contribution in [0, 0.1) is 23.7 Å². The van der Waals surface area contributed by atoms with Gasteiger partial charge in [-0.1, -0.05) is 331 Å². The predicted molar refractivity (Wildman–Crippen MR) is 386 cm³/mol. The second-order valence-corrected chi connectivity index (χ2v) is 32.2. The van der Waals surface area contributed by atoms with Crippen LogP contribution in [0.2, 0.25) is 0 Å². The van der Waals surface area contributed by atoms with Crippen molar-refractivity contribution in [1.29, 1.82) is 0 Å². The maximum atomic E-state index is 13.1. The van der Waals surface area contributed by atoms with E-state index in [2.05, 4.69) is 55.4 Å². The van der Waals surface area contributed by atoms with Gasteiger partial charge in [0.25, 0.3) is 0 Å². The number of unbranched alkanes of at least 4 members (excludes halogenated alkanes) is 39. The highest BCUT2D eigenvalue weighted by Crippen LogP contribution is 2.45. The molecule has 0 saturated carbocycles. The molecule has 19 heteroatoms. The van der Waals surface area contributed by atoms with Crippen LogP contribution in [0.15, 0.2) is 0 Å². The van der Waals surface area contributed by atoms with E-state index in [9.17, 15) is 43.2 Å². The lowest BCUT2D eigenvalue weighted by Crippen LogP contribution is -2.30. The van der Waals surface area contributed by atoms with Crippen LogP contribution in [0.3, 0.4) is 0 Å². The summed E-state index contributed by atoms with van der Waals surface area (Å²) in [5.74, 6) is 0.904. The van der Waals surface area contributed by atoms with Gasteiger partial charge in [0.15, 0.2) is 12.2 Å². The molecule has 0 aliphatic rings. The van der Waals surface area contributed by atoms with Crippen LogP contribution in [0.4, 0.5) is 0 Å². The van der Waals surface area contributed by atoms with Crippen molar-refractivity contribution in [3.8, 4) is 0 Å². The topological polar surface area (TPSA) is 237 Å². The lowest BCUT2D eigenvalue weighted by Gasteiger charge is -2.21. The SMILES string of the molecule is CC(C)CCCCCCCCCCCCCCCCCC(=O)O[C@H](COC(=O)CCCCCCCCCC(C)C)COP(=O)(O)OCC(O)COP(=O)(O)OC[C@@H](COC(=O)CCCCCCCCCCCCCCC(C)C)OC(=O)CCCCCCCCCCCC(C)C. The zero-order chi connectivity index (χ0) is 70.3. The highest BCUT2D eigenvalue weighted by Gasteiger charge is 2.30. The average molecular weight is 1400 g/mol. The highest BCUT2D eigenvalue weighted by atomic mass is 31.2. The minimum absolute atomic E-state index is 0.105. The summed E-state index contributed by atoms with van der Waals surface area (Å²) in [6.45, 7) is 14.2. The Morgan fingerprint density at radius 2 is 0.442 bits per heavy atom. The smallest absolute Gasteiger partial charge is 0.462 e. The molecule has 0 radical (unpaired) electrons. The molecule has 0 saturated heterocycles. The number of hydrogen-bond acceptors (Lipinski definition) is 15. The van der Waals surface area contributed by atoms with Crippen molar-refractivity contribution in [2.75, 3.05) is 39.6 Å². The van der Waals surface area contributed by atoms with Crippen molar-refractivity contribution in [2.45, 2.75) is 401 Å². The van der Waals surface area contributed by atoms with E-state index in [0.29, 0.717) is 31.6 Å². The number of aliphatic hydroxyl groups excluding tert-OH is 1. The first-order chi connectivity index (χ1) is 45.6. The molecule has 17 nitrogen and oxygen atoms in total. The largest absolute Gasteiger partial charge is 0.472 e. The number of aliphatic hydroxyl groups is 1. The van der Waals surface area contributed by atoms with Crippen molar-refractivity contribution < 1.29 is 80.2 Å². The van der Waals surface area contributed by atoms with Gasteiger partial charge in [0.2, 0.25) is 0 Å². The number of esters is 4. The second-order valence-electron chi connectivity index (χ2n) is 29.3. The van der Waals surface area contributed by atoms with Crippen molar-refractivity contribution in [2.24, 2.45) is 23.7 Å². The zero-order valence-corrected chi connectivity index (χ0v) is 64.1. The Kier molecular flexibility index (Phi) is 64.0. The van der Waals surface area contributed by atoms with E-state index < -0.39 is 97.5 Å². The first kappa shape index (κ1) is 93.1. The van der Waals surface area contributed by atoms with Gasteiger partial charge in [-0.05, 0) is 49.4 Å². The lowest BCUT2D eigenvalue weighted by molar-refractivity contribution is -0.161. The maximum absolute atomic E-state index is 13.1. The first-order valence-electron chi connectivity index (χ1n) is 39.2. The highest BCUT2D eigenvalue weighted by molar-refractivity contribution is 7.47. The molecule has 0 heterocycles. The van der Waals surface area contributed by atoms with Gasteiger partial charge in [-0.3, -0.25) is 37.3 Å². The monoisotopic (exact) mass is 1400 g/mol. The predicted octanol–water partition coefficient (Wildman–Crippen LogP) is 22.0. The summed E-state index contributed by atoms with van der Waals surface area (Å²) in [6, 6.07) is 0. The summed E-state index contributed by atoms with van der Waals surface area (Å²) < 4.78 is 68.5. The number of hydrogen-bond donors (Lipinski definition) is 3. The molecule has 0 spiro atoms. The summed E-state index contributed by atoms with van der Waals surface area (Å²) in [6.07, 6.45) is 50.0. The van der Waals surface area contributed by atoms with Crippen LogP contribution in [-0.4, -0.2) is 96.7 Å². The van der Waals surface area contributed by atoms with Crippen molar-refractivity contribution in [3.63, 3.8) is 0 Å². The van der Waals surface area contributed by atoms with E-state index in [4.69, 9.17) is 37.0 Å². The molecule has 0 aliphatic heterocycles. The molecule has 0 aromatic carbocycles. The summed E-state index contributed by atoms with van der Waals surface area (Å²) >= 11 is 0. The van der Waals surface area contributed by atoms with Crippen LogP contribution in [0.5, 0.6) is 0 Å². The fourth-order valence-electron chi connectivity index (χ4n) is 11.6. The summed E-state index contributed by atoms with van der Waals surface area (Å²) in [5, 5.41) is 10.6. The molecule has 3 N–H and O–H groups in total. The van der Waals surface area contributed by atoms with Gasteiger partial charge in [0.1, 0.15) is 19.3 Å². The molecule has 0 aliphatic carbocycles. The average Bonchev–Trinajstić information content (AvgIpc) is 2.23. The lowest BCUT2D eigenvalue weighted by atomic mass is 10.0. The Labute approximate surface area is 581 Å². The van der Waals surface area contributed by atoms with Crippen molar-refractivity contribution in [3.05, 3.63) is 0 Å². The molecular formula is C76H148O17P2. The number of phosphoric ester groups is 2. The number of phosphoric acid groups is 2. The molecule has 0 bridgehead atoms. The molecule has 564 valence electrons. The molecule has 0 amide bonds. The minimum atomic E-state index is -4.96. The van der Waals surface area contributed by atoms with E-state index in [-0.39, 0.29) is 25.7 Å². The van der Waals surface area contributed by atoms with Gasteiger partial charge >= 0.3 is 39.5 Å². The van der Waals surface area contributed by atoms with Gasteiger partial charge in [-0.25, -0.2) is 9.13 Å². The molecule has 0 aromatic rings. The number of rotatable bonds is 73. The van der Waals surface area contributed by atoms with E-state index in [1.807, 2.05) is 0 Å². The Morgan fingerprint density at radius 1 is 0.263 bits per heavy atom. The molecule has 3 unspecified atom stereocenters. The van der Waals surface area contributed by atoms with Gasteiger partial charge in [0.05, 0.1) is 26.4 Å². The van der Waals surface area contributed by atoms with E-state index in [1.165, 1.54) is 180 Å². The normalized spacial score (nSPS) is 14.1. The van der Waals surface area contributed by atoms with Crippen molar-refractivity contribution >= 4 is 39.5 Å². The second kappa shape index (κ2) is 65.4. The third-order valence-corrected chi connectivity index (χ3v) is 19.5. The van der Waals surface area contributed by atoms with Crippen LogP contribution in [-0.2, 0) is 65.4 Å². The fourth-order valence-corrected chi connectivity index (χ4v) is 13.1. The van der Waals surface area contributed by atoms with Gasteiger partial charge in [-0.2, -0.15) is 0 Å². The molecular weight excluding hydrogens is 1250 g/mol. The minimum Gasteiger partial charge on any atom is -0.462 e. The number of ether oxygens (including phenoxy) is 4. The maximum Gasteiger partial charge on any atom is 0.472 e. The summed E-state index contributed by atoms with van der Waals surface area (Å²) in [5.41, 5.74) is 0. The Hall–Kier alpha value is -1.94. The Morgan fingerprint density at radius 3 is 0.653 bits per heavy atom. The first-order valence-corrected chi connectivity index (χ1v) is 42.2. The van der Waals surface area contributed by atoms with Crippen LogP contribution in [0.1, 0.15) is 383 Å². The van der Waals surface area contributed by atoms with Crippen LogP contribution in [0.25, 0.3) is 0 Å². The van der Waals surface area contributed by atoms with E-state index in [0.717, 1.165) is 114 Å². The third kappa shape index (κ3) is 70.3. The van der Waals surface area contributed by atoms with Crippen LogP contribution >= 0.6 is 15.6 Å². The standard InChI is InChI=1S/C76H148O17P2/c1-66(2)52-44-36-28-21-16-12-10-9-11-13-19-25-33-42-50-58-75(80)92-72(63-87-74(79)57-49-41-35-27-31-39-47-55-69(7)8)65-91-95(84,85)89-61-70(77)60-88-94(82,83)90-64-71(93-76(81)59-51-43-34-26-20-23-30-38-46-54-68(5)6)62-86-73(78)56-48-40-32-24-18-15-14-17-22-29-37-45-53-67(3)4/h66-72,77H,9-65H2,1-8H3,(H,82,83)(H,84,85)/t70?,71-,72-/m1/s1. The van der Waals surface area contributed by atoms with E-state index >= 15 is 0 Å². The summed E-state index contributed by atoms with van der Waals surface area (Å²) in [4.78, 5) is 72.8. The third-order valence-electron chi connectivity index (χ3n) is 17.6. The number of carbonyl (C=O) groups is 4. The van der Waals surface area contributed by atoms with Crippen LogP contribution < -0.4 is 0 Å². The molecule has 5 atom stereocenters. The molecule has 0 fully saturated rings. The molecule has 0 rings (SSSR count). The molecule has 95 heavy (non-hydrogen) atoms. The van der Waals surface area contributed by atoms with Crippen molar-refractivity contribution in [1.82, 2.24) is 0 Å².